The fourth-order valence-electron chi connectivity index (χ4n) is 2.95. The minimum absolute atomic E-state index is 0.273. The molecule has 1 saturated heterocycles. The Bertz CT molecular complexity index is 808. The van der Waals surface area contributed by atoms with Gasteiger partial charge >= 0.3 is 0 Å². The van der Waals surface area contributed by atoms with Crippen molar-refractivity contribution >= 4 is 27.8 Å². The molecule has 3 aromatic rings. The number of nitrogens with zero attached hydrogens (tertiary/aromatic N) is 2. The van der Waals surface area contributed by atoms with Gasteiger partial charge in [-0.25, -0.2) is 9.97 Å². The summed E-state index contributed by atoms with van der Waals surface area (Å²) in [4.78, 5) is 12.2. The summed E-state index contributed by atoms with van der Waals surface area (Å²) in [6.07, 6.45) is 4.10. The molecule has 1 fully saturated rings. The molecule has 6 nitrogen and oxygen atoms in total. The van der Waals surface area contributed by atoms with Gasteiger partial charge in [0.1, 0.15) is 23.1 Å². The van der Waals surface area contributed by atoms with E-state index in [9.17, 15) is 0 Å². The van der Waals surface area contributed by atoms with Crippen molar-refractivity contribution in [2.75, 3.05) is 25.6 Å². The van der Waals surface area contributed by atoms with E-state index < -0.39 is 0 Å². The summed E-state index contributed by atoms with van der Waals surface area (Å²) >= 11 is 0. The molecular weight excluding hydrogens is 280 g/mol. The minimum Gasteiger partial charge on any atom is -0.497 e. The lowest BCUT2D eigenvalue weighted by Gasteiger charge is -2.11. The molecule has 1 aliphatic rings. The molecule has 0 radical (unpaired) electrons. The minimum atomic E-state index is 0.273. The number of hydrogen-bond acceptors (Lipinski definition) is 5. The molecule has 114 valence electrons. The molecule has 6 heteroatoms. The Morgan fingerprint density at radius 3 is 3.18 bits per heavy atom. The number of aromatic nitrogens is 3. The first-order valence-electron chi connectivity index (χ1n) is 7.51. The van der Waals surface area contributed by atoms with Crippen LogP contribution in [0.5, 0.6) is 5.75 Å². The van der Waals surface area contributed by atoms with Crippen molar-refractivity contribution in [1.82, 2.24) is 15.0 Å². The van der Waals surface area contributed by atoms with Crippen LogP contribution in [0.25, 0.3) is 21.9 Å². The zero-order valence-electron chi connectivity index (χ0n) is 12.4. The van der Waals surface area contributed by atoms with E-state index in [2.05, 4.69) is 20.3 Å². The zero-order valence-corrected chi connectivity index (χ0v) is 12.4. The Balaban J connectivity index is 1.72. The maximum atomic E-state index is 5.64. The average Bonchev–Trinajstić information content (AvgIpc) is 3.19. The third-order valence-electron chi connectivity index (χ3n) is 4.11. The number of benzene rings is 1. The fourth-order valence-corrected chi connectivity index (χ4v) is 2.95. The van der Waals surface area contributed by atoms with E-state index in [0.717, 1.165) is 59.5 Å². The third-order valence-corrected chi connectivity index (χ3v) is 4.11. The van der Waals surface area contributed by atoms with Crippen molar-refractivity contribution < 1.29 is 9.47 Å². The van der Waals surface area contributed by atoms with Gasteiger partial charge in [-0.3, -0.25) is 0 Å². The zero-order chi connectivity index (χ0) is 14.9. The van der Waals surface area contributed by atoms with Crippen LogP contribution in [-0.4, -0.2) is 41.3 Å². The molecule has 1 atom stereocenters. The average molecular weight is 298 g/mol. The monoisotopic (exact) mass is 298 g/mol. The molecule has 1 aliphatic heterocycles. The van der Waals surface area contributed by atoms with Gasteiger partial charge in [-0.2, -0.15) is 0 Å². The predicted octanol–water partition coefficient (Wildman–Crippen LogP) is 2.71. The second kappa shape index (κ2) is 5.46. The van der Waals surface area contributed by atoms with Crippen LogP contribution < -0.4 is 10.1 Å². The first-order chi connectivity index (χ1) is 10.8. The van der Waals surface area contributed by atoms with Crippen LogP contribution in [-0.2, 0) is 4.74 Å². The van der Waals surface area contributed by atoms with E-state index in [0.29, 0.717) is 0 Å². The Morgan fingerprint density at radius 1 is 1.41 bits per heavy atom. The molecule has 0 saturated carbocycles. The van der Waals surface area contributed by atoms with Crippen LogP contribution in [0.1, 0.15) is 12.8 Å². The van der Waals surface area contributed by atoms with Crippen LogP contribution >= 0.6 is 0 Å². The molecule has 3 heterocycles. The number of H-pyrrole nitrogens is 1. The summed E-state index contributed by atoms with van der Waals surface area (Å²) in [5.41, 5.74) is 2.85. The maximum absolute atomic E-state index is 5.64. The lowest BCUT2D eigenvalue weighted by atomic mass is 10.2. The topological polar surface area (TPSA) is 72.1 Å². The Labute approximate surface area is 127 Å². The fraction of sp³-hybridized carbons (Fsp3) is 0.375. The van der Waals surface area contributed by atoms with E-state index in [1.807, 2.05) is 18.2 Å². The Hall–Kier alpha value is -2.34. The molecule has 4 rings (SSSR count). The maximum Gasteiger partial charge on any atom is 0.153 e. The van der Waals surface area contributed by atoms with E-state index >= 15 is 0 Å². The van der Waals surface area contributed by atoms with Crippen LogP contribution in [0.4, 0.5) is 5.82 Å². The van der Waals surface area contributed by atoms with Gasteiger partial charge < -0.3 is 19.8 Å². The van der Waals surface area contributed by atoms with Crippen LogP contribution in [0.3, 0.4) is 0 Å². The van der Waals surface area contributed by atoms with Crippen LogP contribution in [0.15, 0.2) is 24.5 Å². The summed E-state index contributed by atoms with van der Waals surface area (Å²) in [7, 11) is 1.67. The van der Waals surface area contributed by atoms with Gasteiger partial charge in [-0.15, -0.1) is 0 Å². The van der Waals surface area contributed by atoms with E-state index in [1.165, 1.54) is 0 Å². The highest BCUT2D eigenvalue weighted by atomic mass is 16.5. The molecule has 0 spiro atoms. The lowest BCUT2D eigenvalue weighted by molar-refractivity contribution is 0.120. The number of ether oxygens (including phenoxy) is 2. The molecule has 0 amide bonds. The highest BCUT2D eigenvalue weighted by molar-refractivity contribution is 6.08. The number of fused-ring (bicyclic) bond motifs is 3. The molecular formula is C16H18N4O2. The van der Waals surface area contributed by atoms with E-state index in [4.69, 9.17) is 9.47 Å². The number of hydrogen-bond donors (Lipinski definition) is 2. The lowest BCUT2D eigenvalue weighted by Crippen LogP contribution is -2.19. The summed E-state index contributed by atoms with van der Waals surface area (Å²) in [6.45, 7) is 1.63. The summed E-state index contributed by atoms with van der Waals surface area (Å²) in [5, 5.41) is 4.42. The largest absolute Gasteiger partial charge is 0.497 e. The molecule has 1 aromatic carbocycles. The van der Waals surface area contributed by atoms with Gasteiger partial charge in [0.25, 0.3) is 0 Å². The highest BCUT2D eigenvalue weighted by Gasteiger charge is 2.17. The van der Waals surface area contributed by atoms with Gasteiger partial charge in [-0.1, -0.05) is 0 Å². The SMILES string of the molecule is COc1ccc2[nH]c3c(NC[C@@H]4CCCO4)ncnc3c2c1. The highest BCUT2D eigenvalue weighted by Crippen LogP contribution is 2.30. The summed E-state index contributed by atoms with van der Waals surface area (Å²) in [5.74, 6) is 1.64. The van der Waals surface area contributed by atoms with Gasteiger partial charge in [0.2, 0.25) is 0 Å². The Kier molecular flexibility index (Phi) is 3.31. The van der Waals surface area contributed by atoms with Gasteiger partial charge in [0.05, 0.1) is 13.2 Å². The standard InChI is InChI=1S/C16H18N4O2/c1-21-10-4-5-13-12(7-10)14-15(20-13)16(19-9-18-14)17-8-11-3-2-6-22-11/h4-5,7,9,11,20H,2-3,6,8H2,1H3,(H,17,18,19)/t11-/m0/s1. The second-order valence-electron chi connectivity index (χ2n) is 5.50. The van der Waals surface area contributed by atoms with Crippen LogP contribution in [0.2, 0.25) is 0 Å². The first-order valence-corrected chi connectivity index (χ1v) is 7.51. The van der Waals surface area contributed by atoms with Crippen molar-refractivity contribution in [3.8, 4) is 5.75 Å². The van der Waals surface area contributed by atoms with E-state index in [1.54, 1.807) is 13.4 Å². The van der Waals surface area contributed by atoms with E-state index in [-0.39, 0.29) is 6.10 Å². The molecule has 0 bridgehead atoms. The van der Waals surface area contributed by atoms with Gasteiger partial charge in [-0.05, 0) is 31.0 Å². The molecule has 0 unspecified atom stereocenters. The quantitative estimate of drug-likeness (QED) is 0.775. The smallest absolute Gasteiger partial charge is 0.153 e. The number of rotatable bonds is 4. The number of nitrogens with one attached hydrogen (secondary N) is 2. The van der Waals surface area contributed by atoms with Crippen molar-refractivity contribution in [2.24, 2.45) is 0 Å². The third kappa shape index (κ3) is 2.25. The van der Waals surface area contributed by atoms with Crippen molar-refractivity contribution in [3.63, 3.8) is 0 Å². The molecule has 22 heavy (non-hydrogen) atoms. The molecule has 2 aromatic heterocycles. The van der Waals surface area contributed by atoms with Crippen molar-refractivity contribution in [2.45, 2.75) is 18.9 Å². The molecule has 0 aliphatic carbocycles. The van der Waals surface area contributed by atoms with Crippen molar-refractivity contribution in [1.29, 1.82) is 0 Å². The summed E-state index contributed by atoms with van der Waals surface area (Å²) in [6, 6.07) is 5.93. The van der Waals surface area contributed by atoms with Crippen molar-refractivity contribution in [3.05, 3.63) is 24.5 Å². The molecule has 2 N–H and O–H groups in total. The number of anilines is 1. The second-order valence-corrected chi connectivity index (χ2v) is 5.50. The predicted molar refractivity (Wildman–Crippen MR) is 85.4 cm³/mol. The van der Waals surface area contributed by atoms with Gasteiger partial charge in [0.15, 0.2) is 5.82 Å². The van der Waals surface area contributed by atoms with Gasteiger partial charge in [0, 0.05) is 24.1 Å². The number of methoxy groups -OCH3 is 1. The van der Waals surface area contributed by atoms with Crippen LogP contribution in [0, 0.1) is 0 Å². The Morgan fingerprint density at radius 2 is 2.36 bits per heavy atom. The number of aromatic amines is 1. The summed E-state index contributed by atoms with van der Waals surface area (Å²) < 4.78 is 10.9. The normalized spacial score (nSPS) is 18.1. The first kappa shape index (κ1) is 13.3.